The number of likely N-dealkylation sites (tertiary alicyclic amines) is 1. The lowest BCUT2D eigenvalue weighted by molar-refractivity contribution is -0.141. The number of aliphatic hydroxyl groups excluding tert-OH is 1. The summed E-state index contributed by atoms with van der Waals surface area (Å²) in [4.78, 5) is 26.1. The van der Waals surface area contributed by atoms with Crippen molar-refractivity contribution in [2.24, 2.45) is 17.6 Å². The second-order valence-electron chi connectivity index (χ2n) is 10.4. The molecular weight excluding hydrogens is 498 g/mol. The van der Waals surface area contributed by atoms with Crippen molar-refractivity contribution in [2.75, 3.05) is 19.6 Å². The van der Waals surface area contributed by atoms with Crippen LogP contribution in [-0.2, 0) is 10.4 Å². The lowest BCUT2D eigenvalue weighted by atomic mass is 9.72. The summed E-state index contributed by atoms with van der Waals surface area (Å²) in [6.07, 6.45) is 1.04. The van der Waals surface area contributed by atoms with Crippen molar-refractivity contribution in [1.82, 2.24) is 10.2 Å². The molecule has 1 aliphatic heterocycles. The number of nitrogens with one attached hydrogen (secondary N) is 1. The largest absolute Gasteiger partial charge is 0.465 e. The second-order valence-corrected chi connectivity index (χ2v) is 10.8. The van der Waals surface area contributed by atoms with Gasteiger partial charge in [-0.3, -0.25) is 4.79 Å². The standard InChI is InChI=1S/C27H36ClN3O6/c1-16-8-9-23(37-16)24-19(6-2-7-20(24)28)27(36,10-4-11-30-26(34)35)18-5-3-12-31(15-18)25(33)17-13-21(29)22(32)14-17/h2,6-9,17-18,21-22,30,32,36H,3-5,10-15,29H2,1H3,(H,34,35)/t17-,18+,21+,22-,27-/m0/s1. The zero-order chi connectivity index (χ0) is 26.7. The summed E-state index contributed by atoms with van der Waals surface area (Å²) in [6, 6.07) is 8.61. The number of nitrogens with zero attached hydrogens (tertiary/aromatic N) is 1. The Balaban J connectivity index is 1.66. The molecule has 202 valence electrons. The smallest absolute Gasteiger partial charge is 0.404 e. The molecule has 1 saturated heterocycles. The van der Waals surface area contributed by atoms with E-state index < -0.39 is 23.8 Å². The molecule has 5 atom stereocenters. The number of rotatable bonds is 8. The first kappa shape index (κ1) is 27.4. The summed E-state index contributed by atoms with van der Waals surface area (Å²) in [6.45, 7) is 2.93. The maximum Gasteiger partial charge on any atom is 0.404 e. The van der Waals surface area contributed by atoms with Crippen LogP contribution in [0.1, 0.15) is 49.8 Å². The molecule has 9 nitrogen and oxygen atoms in total. The van der Waals surface area contributed by atoms with E-state index in [9.17, 15) is 19.8 Å². The van der Waals surface area contributed by atoms with Crippen LogP contribution in [0, 0.1) is 18.8 Å². The van der Waals surface area contributed by atoms with Crippen LogP contribution in [0.5, 0.6) is 0 Å². The molecule has 0 spiro atoms. The maximum atomic E-state index is 13.3. The van der Waals surface area contributed by atoms with Crippen LogP contribution in [0.2, 0.25) is 5.02 Å². The summed E-state index contributed by atoms with van der Waals surface area (Å²) < 4.78 is 5.89. The van der Waals surface area contributed by atoms with Gasteiger partial charge in [-0.2, -0.15) is 0 Å². The van der Waals surface area contributed by atoms with E-state index in [1.807, 2.05) is 25.1 Å². The van der Waals surface area contributed by atoms with Gasteiger partial charge in [0.15, 0.2) is 0 Å². The Kier molecular flexibility index (Phi) is 8.48. The Labute approximate surface area is 221 Å². The lowest BCUT2D eigenvalue weighted by Crippen LogP contribution is -2.49. The minimum absolute atomic E-state index is 0.0421. The first-order valence-electron chi connectivity index (χ1n) is 12.9. The maximum absolute atomic E-state index is 13.3. The summed E-state index contributed by atoms with van der Waals surface area (Å²) in [7, 11) is 0. The minimum Gasteiger partial charge on any atom is -0.465 e. The molecule has 0 radical (unpaired) electrons. The van der Waals surface area contributed by atoms with Crippen molar-refractivity contribution >= 4 is 23.6 Å². The molecule has 1 aromatic carbocycles. The van der Waals surface area contributed by atoms with Gasteiger partial charge in [0.05, 0.1) is 16.7 Å². The normalized spacial score (nSPS) is 25.6. The topological polar surface area (TPSA) is 149 Å². The Morgan fingerprint density at radius 2 is 2.05 bits per heavy atom. The lowest BCUT2D eigenvalue weighted by Gasteiger charge is -2.44. The van der Waals surface area contributed by atoms with Gasteiger partial charge in [-0.1, -0.05) is 23.7 Å². The fourth-order valence-corrected chi connectivity index (χ4v) is 6.16. The summed E-state index contributed by atoms with van der Waals surface area (Å²) in [5, 5.41) is 34.3. The minimum atomic E-state index is -1.40. The van der Waals surface area contributed by atoms with Gasteiger partial charge in [0.2, 0.25) is 5.91 Å². The average molecular weight is 534 g/mol. The van der Waals surface area contributed by atoms with E-state index in [1.165, 1.54) is 0 Å². The molecular formula is C27H36ClN3O6. The zero-order valence-electron chi connectivity index (χ0n) is 21.0. The van der Waals surface area contributed by atoms with Gasteiger partial charge in [-0.25, -0.2) is 4.79 Å². The van der Waals surface area contributed by atoms with Crippen molar-refractivity contribution in [3.05, 3.63) is 46.7 Å². The van der Waals surface area contributed by atoms with E-state index in [0.29, 0.717) is 72.9 Å². The molecule has 2 aliphatic rings. The Hall–Kier alpha value is -2.59. The van der Waals surface area contributed by atoms with Crippen molar-refractivity contribution < 1.29 is 29.3 Å². The van der Waals surface area contributed by atoms with Gasteiger partial charge in [-0.05, 0) is 69.2 Å². The van der Waals surface area contributed by atoms with Crippen molar-refractivity contribution in [1.29, 1.82) is 0 Å². The van der Waals surface area contributed by atoms with Crippen molar-refractivity contribution in [3.63, 3.8) is 0 Å². The molecule has 1 aromatic heterocycles. The van der Waals surface area contributed by atoms with E-state index in [0.717, 1.165) is 0 Å². The number of nitrogens with two attached hydrogens (primary N) is 1. The summed E-state index contributed by atoms with van der Waals surface area (Å²) in [5.41, 5.74) is 5.75. The van der Waals surface area contributed by atoms with Crippen molar-refractivity contribution in [2.45, 2.75) is 63.2 Å². The molecule has 6 N–H and O–H groups in total. The number of hydrogen-bond donors (Lipinski definition) is 5. The fourth-order valence-electron chi connectivity index (χ4n) is 5.89. The average Bonchev–Trinajstić information content (AvgIpc) is 3.45. The molecule has 37 heavy (non-hydrogen) atoms. The van der Waals surface area contributed by atoms with E-state index in [2.05, 4.69) is 5.32 Å². The van der Waals surface area contributed by atoms with Crippen LogP contribution in [0.3, 0.4) is 0 Å². The van der Waals surface area contributed by atoms with E-state index in [4.69, 9.17) is 26.9 Å². The van der Waals surface area contributed by atoms with Crippen LogP contribution in [0.15, 0.2) is 34.7 Å². The van der Waals surface area contributed by atoms with Gasteiger partial charge in [0, 0.05) is 43.1 Å². The van der Waals surface area contributed by atoms with E-state index >= 15 is 0 Å². The van der Waals surface area contributed by atoms with Gasteiger partial charge in [0.1, 0.15) is 11.5 Å². The van der Waals surface area contributed by atoms with Crippen LogP contribution >= 0.6 is 11.6 Å². The Bertz CT molecular complexity index is 1110. The van der Waals surface area contributed by atoms with Gasteiger partial charge >= 0.3 is 6.09 Å². The number of carboxylic acid groups (broad SMARTS) is 1. The zero-order valence-corrected chi connectivity index (χ0v) is 21.8. The third-order valence-electron chi connectivity index (χ3n) is 7.81. The number of carbonyl (C=O) groups is 2. The van der Waals surface area contributed by atoms with Crippen LogP contribution < -0.4 is 11.1 Å². The fraction of sp³-hybridized carbons (Fsp3) is 0.556. The number of piperidine rings is 1. The van der Waals surface area contributed by atoms with Crippen LogP contribution in [0.25, 0.3) is 11.3 Å². The number of halogens is 1. The molecule has 0 bridgehead atoms. The van der Waals surface area contributed by atoms with Crippen LogP contribution in [-0.4, -0.2) is 64.0 Å². The first-order valence-corrected chi connectivity index (χ1v) is 13.3. The number of hydrogen-bond acceptors (Lipinski definition) is 6. The van der Waals surface area contributed by atoms with Gasteiger partial charge in [0.25, 0.3) is 0 Å². The third-order valence-corrected chi connectivity index (χ3v) is 8.13. The highest BCUT2D eigenvalue weighted by atomic mass is 35.5. The van der Waals surface area contributed by atoms with Gasteiger partial charge < -0.3 is 35.7 Å². The second kappa shape index (κ2) is 11.4. The SMILES string of the molecule is Cc1ccc(-c2c(Cl)cccc2[C@](O)(CCCNC(=O)O)[C@@H]2CCCN(C(=O)[C@H]3C[C@@H](N)[C@@H](O)C3)C2)o1. The molecule has 2 aromatic rings. The first-order chi connectivity index (χ1) is 17.6. The highest BCUT2D eigenvalue weighted by Gasteiger charge is 2.45. The van der Waals surface area contributed by atoms with E-state index in [1.54, 1.807) is 17.0 Å². The molecule has 0 unspecified atom stereocenters. The monoisotopic (exact) mass is 533 g/mol. The van der Waals surface area contributed by atoms with Crippen molar-refractivity contribution in [3.8, 4) is 11.3 Å². The highest BCUT2D eigenvalue weighted by molar-refractivity contribution is 6.33. The predicted molar refractivity (Wildman–Crippen MR) is 139 cm³/mol. The highest BCUT2D eigenvalue weighted by Crippen LogP contribution is 2.46. The third kappa shape index (κ3) is 5.95. The van der Waals surface area contributed by atoms with Gasteiger partial charge in [-0.15, -0.1) is 0 Å². The van der Waals surface area contributed by atoms with E-state index in [-0.39, 0.29) is 30.7 Å². The quantitative estimate of drug-likeness (QED) is 0.326. The number of aryl methyl sites for hydroxylation is 1. The summed E-state index contributed by atoms with van der Waals surface area (Å²) in [5.74, 6) is 0.562. The Morgan fingerprint density at radius 1 is 1.27 bits per heavy atom. The number of furan rings is 1. The molecule has 10 heteroatoms. The number of aliphatic hydroxyl groups is 2. The molecule has 2 amide bonds. The molecule has 2 fully saturated rings. The number of carbonyl (C=O) groups excluding carboxylic acids is 1. The molecule has 2 heterocycles. The number of amides is 2. The molecule has 4 rings (SSSR count). The predicted octanol–water partition coefficient (Wildman–Crippen LogP) is 3.48. The molecule has 1 saturated carbocycles. The Morgan fingerprint density at radius 3 is 2.70 bits per heavy atom. The number of benzene rings is 1. The summed E-state index contributed by atoms with van der Waals surface area (Å²) >= 11 is 6.65. The molecule has 1 aliphatic carbocycles. The van der Waals surface area contributed by atoms with Crippen LogP contribution in [0.4, 0.5) is 4.79 Å².